The molecule has 0 spiro atoms. The lowest BCUT2D eigenvalue weighted by Gasteiger charge is -2.30. The van der Waals surface area contributed by atoms with Crippen molar-refractivity contribution in [1.82, 2.24) is 9.80 Å². The first-order valence-corrected chi connectivity index (χ1v) is 9.24. The molecule has 3 aliphatic rings. The van der Waals surface area contributed by atoms with Crippen molar-refractivity contribution in [2.45, 2.75) is 26.5 Å². The van der Waals surface area contributed by atoms with Crippen LogP contribution in [-0.2, 0) is 20.8 Å². The monoisotopic (exact) mass is 344 g/mol. The summed E-state index contributed by atoms with van der Waals surface area (Å²) in [5.41, 5.74) is 1.62. The zero-order chi connectivity index (χ0) is 17.5. The lowest BCUT2D eigenvalue weighted by molar-refractivity contribution is -0.157. The van der Waals surface area contributed by atoms with E-state index in [1.165, 1.54) is 5.56 Å². The number of carbonyl (C=O) groups is 1. The van der Waals surface area contributed by atoms with Crippen LogP contribution in [0.1, 0.15) is 19.4 Å². The van der Waals surface area contributed by atoms with Gasteiger partial charge in [-0.05, 0) is 5.56 Å². The third kappa shape index (κ3) is 3.09. The Hall–Kier alpha value is -1.43. The first kappa shape index (κ1) is 17.0. The molecular weight excluding hydrogens is 316 g/mol. The summed E-state index contributed by atoms with van der Waals surface area (Å²) in [6.07, 6.45) is -0.416. The van der Waals surface area contributed by atoms with Gasteiger partial charge in [-0.1, -0.05) is 44.2 Å². The van der Waals surface area contributed by atoms with Gasteiger partial charge in [-0.2, -0.15) is 0 Å². The highest BCUT2D eigenvalue weighted by atomic mass is 16.6. The fourth-order valence-corrected chi connectivity index (χ4v) is 4.75. The Labute approximate surface area is 149 Å². The van der Waals surface area contributed by atoms with Crippen molar-refractivity contribution in [3.8, 4) is 0 Å². The number of nitrogens with zero attached hydrogens (tertiary/aromatic N) is 2. The molecule has 4 rings (SSSR count). The van der Waals surface area contributed by atoms with Crippen LogP contribution >= 0.6 is 0 Å². The largest absolute Gasteiger partial charge is 0.376 e. The Morgan fingerprint density at radius 1 is 1.08 bits per heavy atom. The summed E-state index contributed by atoms with van der Waals surface area (Å²) in [4.78, 5) is 17.3. The third-order valence-corrected chi connectivity index (χ3v) is 6.33. The summed E-state index contributed by atoms with van der Waals surface area (Å²) in [6.45, 7) is 10.8. The summed E-state index contributed by atoms with van der Waals surface area (Å²) in [5, 5.41) is 0. The van der Waals surface area contributed by atoms with E-state index in [9.17, 15) is 4.79 Å². The minimum atomic E-state index is -0.416. The third-order valence-electron chi connectivity index (χ3n) is 6.33. The molecule has 0 N–H and O–H groups in total. The zero-order valence-corrected chi connectivity index (χ0v) is 15.2. The van der Waals surface area contributed by atoms with Gasteiger partial charge < -0.3 is 14.4 Å². The van der Waals surface area contributed by atoms with E-state index in [1.807, 2.05) is 4.90 Å². The number of fused-ring (bicyclic) bond motifs is 1. The Morgan fingerprint density at radius 3 is 2.36 bits per heavy atom. The molecule has 0 aromatic heterocycles. The first-order valence-electron chi connectivity index (χ1n) is 9.24. The van der Waals surface area contributed by atoms with Crippen molar-refractivity contribution in [2.24, 2.45) is 10.8 Å². The SMILES string of the molecule is CC12CN(Cc3ccccc3)CC1(C)CN(C(=O)C1COCCO1)C2. The molecule has 136 valence electrons. The molecule has 3 aliphatic heterocycles. The summed E-state index contributed by atoms with van der Waals surface area (Å²) in [7, 11) is 0. The maximum Gasteiger partial charge on any atom is 0.254 e. The van der Waals surface area contributed by atoms with Crippen molar-refractivity contribution < 1.29 is 14.3 Å². The van der Waals surface area contributed by atoms with Crippen molar-refractivity contribution in [1.29, 1.82) is 0 Å². The highest BCUT2D eigenvalue weighted by Crippen LogP contribution is 2.51. The van der Waals surface area contributed by atoms with Gasteiger partial charge >= 0.3 is 0 Å². The lowest BCUT2D eigenvalue weighted by atomic mass is 9.71. The summed E-state index contributed by atoms with van der Waals surface area (Å²) >= 11 is 0. The van der Waals surface area contributed by atoms with Crippen molar-refractivity contribution in [3.05, 3.63) is 35.9 Å². The summed E-state index contributed by atoms with van der Waals surface area (Å²) < 4.78 is 11.0. The van der Waals surface area contributed by atoms with Crippen LogP contribution in [0.5, 0.6) is 0 Å². The molecule has 0 bridgehead atoms. The van der Waals surface area contributed by atoms with Crippen LogP contribution in [0.2, 0.25) is 0 Å². The van der Waals surface area contributed by atoms with Crippen molar-refractivity contribution in [2.75, 3.05) is 46.0 Å². The number of rotatable bonds is 3. The van der Waals surface area contributed by atoms with Gasteiger partial charge in [0.25, 0.3) is 5.91 Å². The van der Waals surface area contributed by atoms with Gasteiger partial charge in [-0.3, -0.25) is 9.69 Å². The van der Waals surface area contributed by atoms with Gasteiger partial charge in [-0.15, -0.1) is 0 Å². The van der Waals surface area contributed by atoms with Crippen LogP contribution in [0.4, 0.5) is 0 Å². The number of carbonyl (C=O) groups excluding carboxylic acids is 1. The van der Waals surface area contributed by atoms with Gasteiger partial charge in [0, 0.05) is 43.6 Å². The number of likely N-dealkylation sites (tertiary alicyclic amines) is 2. The second-order valence-electron chi connectivity index (χ2n) is 8.38. The lowest BCUT2D eigenvalue weighted by Crippen LogP contribution is -2.46. The zero-order valence-electron chi connectivity index (χ0n) is 15.2. The van der Waals surface area contributed by atoms with Crippen LogP contribution in [0.25, 0.3) is 0 Å². The van der Waals surface area contributed by atoms with Gasteiger partial charge in [0.05, 0.1) is 19.8 Å². The maximum atomic E-state index is 12.8. The molecule has 1 aromatic rings. The Morgan fingerprint density at radius 2 is 1.76 bits per heavy atom. The van der Waals surface area contributed by atoms with Gasteiger partial charge in [-0.25, -0.2) is 0 Å². The Bertz CT molecular complexity index is 611. The fourth-order valence-electron chi connectivity index (χ4n) is 4.75. The smallest absolute Gasteiger partial charge is 0.254 e. The molecule has 3 unspecified atom stereocenters. The highest BCUT2D eigenvalue weighted by Gasteiger charge is 2.58. The van der Waals surface area contributed by atoms with Crippen molar-refractivity contribution >= 4 is 5.91 Å². The molecule has 25 heavy (non-hydrogen) atoms. The van der Waals surface area contributed by atoms with Crippen LogP contribution in [0.3, 0.4) is 0 Å². The van der Waals surface area contributed by atoms with Crippen LogP contribution in [0, 0.1) is 10.8 Å². The summed E-state index contributed by atoms with van der Waals surface area (Å²) in [6, 6.07) is 10.6. The number of benzene rings is 1. The predicted molar refractivity (Wildman–Crippen MR) is 95.1 cm³/mol. The van der Waals surface area contributed by atoms with Gasteiger partial charge in [0.2, 0.25) is 0 Å². The normalized spacial score (nSPS) is 35.8. The average Bonchev–Trinajstić information content (AvgIpc) is 2.99. The average molecular weight is 344 g/mol. The molecular formula is C20H28N2O3. The van der Waals surface area contributed by atoms with E-state index in [4.69, 9.17) is 9.47 Å². The van der Waals surface area contributed by atoms with Crippen LogP contribution in [-0.4, -0.2) is 67.8 Å². The molecule has 0 saturated carbocycles. The molecule has 1 amide bonds. The number of ether oxygens (including phenoxy) is 2. The van der Waals surface area contributed by atoms with E-state index in [0.717, 1.165) is 32.7 Å². The number of hydrogen-bond acceptors (Lipinski definition) is 4. The van der Waals surface area contributed by atoms with E-state index in [1.54, 1.807) is 0 Å². The quantitative estimate of drug-likeness (QED) is 0.838. The predicted octanol–water partition coefficient (Wildman–Crippen LogP) is 1.77. The first-order chi connectivity index (χ1) is 12.0. The maximum absolute atomic E-state index is 12.8. The molecule has 5 heteroatoms. The molecule has 5 nitrogen and oxygen atoms in total. The summed E-state index contributed by atoms with van der Waals surface area (Å²) in [5.74, 6) is 0.103. The van der Waals surface area contributed by atoms with Crippen LogP contribution < -0.4 is 0 Å². The second-order valence-corrected chi connectivity index (χ2v) is 8.38. The van der Waals surface area contributed by atoms with E-state index in [0.29, 0.717) is 19.8 Å². The molecule has 0 aliphatic carbocycles. The Balaban J connectivity index is 1.42. The minimum absolute atomic E-state index is 0.103. The van der Waals surface area contributed by atoms with E-state index in [-0.39, 0.29) is 16.7 Å². The minimum Gasteiger partial charge on any atom is -0.376 e. The molecule has 3 fully saturated rings. The second kappa shape index (κ2) is 6.38. The Kier molecular flexibility index (Phi) is 4.34. The van der Waals surface area contributed by atoms with Crippen LogP contribution in [0.15, 0.2) is 30.3 Å². The van der Waals surface area contributed by atoms with E-state index >= 15 is 0 Å². The van der Waals surface area contributed by atoms with E-state index < -0.39 is 6.10 Å². The molecule has 1 aromatic carbocycles. The number of amides is 1. The molecule has 0 radical (unpaired) electrons. The van der Waals surface area contributed by atoms with Gasteiger partial charge in [0.15, 0.2) is 6.10 Å². The highest BCUT2D eigenvalue weighted by molar-refractivity contribution is 5.81. The molecule has 3 saturated heterocycles. The standard InChI is InChI=1S/C20H28N2O3/c1-19-12-21(10-16-6-4-3-5-7-16)13-20(19,2)15-22(14-19)18(23)17-11-24-8-9-25-17/h3-7,17H,8-15H2,1-2H3. The van der Waals surface area contributed by atoms with Gasteiger partial charge in [0.1, 0.15) is 0 Å². The van der Waals surface area contributed by atoms with Crippen molar-refractivity contribution in [3.63, 3.8) is 0 Å². The molecule has 3 atom stereocenters. The fraction of sp³-hybridized carbons (Fsp3) is 0.650. The molecule has 3 heterocycles. The topological polar surface area (TPSA) is 42.0 Å². The number of hydrogen-bond donors (Lipinski definition) is 0. The van der Waals surface area contributed by atoms with E-state index in [2.05, 4.69) is 49.1 Å².